The molecule has 1 atom stereocenters. The minimum Gasteiger partial charge on any atom is -0.311 e. The van der Waals surface area contributed by atoms with Gasteiger partial charge in [0.1, 0.15) is 0 Å². The Hall–Kier alpha value is -6.66. The van der Waals surface area contributed by atoms with E-state index in [9.17, 15) is 0 Å². The average Bonchev–Trinajstić information content (AvgIpc) is 3.83. The van der Waals surface area contributed by atoms with Crippen LogP contribution in [-0.4, -0.2) is 29.1 Å². The van der Waals surface area contributed by atoms with E-state index in [2.05, 4.69) is 135 Å². The van der Waals surface area contributed by atoms with E-state index in [1.165, 1.54) is 33.5 Å². The standard InChI is InChI=1S/C46H32N6/c1-29-7-4-9-37-44-42(12-6-22-50-44)52(45(29)37)33-14-16-35-34-15-13-32(51-40-10-3-2-8-36(40)43-41(51)11-5-21-49-43)27-38(34)46(39(35)28-33,30-17-23-47-24-18-30)31-19-25-48-26-20-31/h2-6,8-29H,7H2,1H3. The molecule has 0 spiro atoms. The summed E-state index contributed by atoms with van der Waals surface area (Å²) in [5, 5.41) is 1.14. The highest BCUT2D eigenvalue weighted by Gasteiger charge is 2.47. The van der Waals surface area contributed by atoms with Crippen LogP contribution in [0.1, 0.15) is 52.8 Å². The minimum atomic E-state index is -0.646. The van der Waals surface area contributed by atoms with Gasteiger partial charge in [0, 0.05) is 71.1 Å². The molecule has 2 aliphatic carbocycles. The first kappa shape index (κ1) is 29.1. The van der Waals surface area contributed by atoms with Gasteiger partial charge in [0.2, 0.25) is 0 Å². The van der Waals surface area contributed by atoms with E-state index in [0.29, 0.717) is 5.92 Å². The number of fused-ring (bicyclic) bond motifs is 9. The van der Waals surface area contributed by atoms with E-state index < -0.39 is 5.41 Å². The van der Waals surface area contributed by atoms with Gasteiger partial charge in [0.15, 0.2) is 0 Å². The van der Waals surface area contributed by atoms with Crippen molar-refractivity contribution in [1.29, 1.82) is 0 Å². The van der Waals surface area contributed by atoms with Gasteiger partial charge in [-0.15, -0.1) is 0 Å². The van der Waals surface area contributed by atoms with Crippen molar-refractivity contribution in [1.82, 2.24) is 29.1 Å². The third-order valence-corrected chi connectivity index (χ3v) is 11.3. The molecule has 6 heterocycles. The molecule has 1 unspecified atom stereocenters. The number of rotatable bonds is 4. The molecule has 0 aliphatic heterocycles. The summed E-state index contributed by atoms with van der Waals surface area (Å²) in [6.45, 7) is 2.32. The Morgan fingerprint density at radius 1 is 0.577 bits per heavy atom. The zero-order chi connectivity index (χ0) is 34.4. The highest BCUT2D eigenvalue weighted by atomic mass is 15.0. The van der Waals surface area contributed by atoms with Gasteiger partial charge in [0.25, 0.3) is 0 Å². The Kier molecular flexibility index (Phi) is 6.11. The molecular weight excluding hydrogens is 637 g/mol. The van der Waals surface area contributed by atoms with E-state index in [1.54, 1.807) is 0 Å². The van der Waals surface area contributed by atoms with Crippen LogP contribution in [0.2, 0.25) is 0 Å². The maximum atomic E-state index is 4.89. The van der Waals surface area contributed by atoms with Gasteiger partial charge >= 0.3 is 0 Å². The zero-order valence-corrected chi connectivity index (χ0v) is 28.5. The Bertz CT molecular complexity index is 2810. The summed E-state index contributed by atoms with van der Waals surface area (Å²) in [7, 11) is 0. The first-order valence-corrected chi connectivity index (χ1v) is 17.8. The third kappa shape index (κ3) is 3.83. The van der Waals surface area contributed by atoms with E-state index in [-0.39, 0.29) is 0 Å². The van der Waals surface area contributed by atoms with Gasteiger partial charge in [0.05, 0.1) is 33.0 Å². The van der Waals surface area contributed by atoms with Crippen LogP contribution in [0.25, 0.3) is 61.5 Å². The van der Waals surface area contributed by atoms with Gasteiger partial charge in [-0.3, -0.25) is 19.9 Å². The van der Waals surface area contributed by atoms with Crippen LogP contribution in [0.15, 0.2) is 152 Å². The van der Waals surface area contributed by atoms with Crippen molar-refractivity contribution in [3.8, 4) is 22.5 Å². The number of pyridine rings is 4. The number of allylic oxidation sites excluding steroid dienone is 1. The summed E-state index contributed by atoms with van der Waals surface area (Å²) in [5.74, 6) is 0.355. The molecule has 11 rings (SSSR count). The quantitative estimate of drug-likeness (QED) is 0.187. The summed E-state index contributed by atoms with van der Waals surface area (Å²) in [6.07, 6.45) is 17.0. The molecule has 6 nitrogen and oxygen atoms in total. The maximum absolute atomic E-state index is 4.89. The lowest BCUT2D eigenvalue weighted by Crippen LogP contribution is -2.29. The van der Waals surface area contributed by atoms with Crippen LogP contribution in [-0.2, 0) is 5.41 Å². The van der Waals surface area contributed by atoms with Crippen LogP contribution in [0.4, 0.5) is 0 Å². The average molecular weight is 669 g/mol. The second-order valence-corrected chi connectivity index (χ2v) is 13.9. The smallest absolute Gasteiger partial charge is 0.0963 e. The van der Waals surface area contributed by atoms with Crippen LogP contribution in [0, 0.1) is 0 Å². The number of nitrogens with zero attached hydrogens (tertiary/aromatic N) is 6. The predicted octanol–water partition coefficient (Wildman–Crippen LogP) is 10.2. The first-order chi connectivity index (χ1) is 25.7. The van der Waals surface area contributed by atoms with Gasteiger partial charge in [-0.05, 0) is 119 Å². The first-order valence-electron chi connectivity index (χ1n) is 17.8. The van der Waals surface area contributed by atoms with Crippen molar-refractivity contribution >= 4 is 39.0 Å². The molecule has 0 fully saturated rings. The number of aromatic nitrogens is 6. The summed E-state index contributed by atoms with van der Waals surface area (Å²) in [6, 6.07) is 39.7. The Balaban J connectivity index is 1.24. The zero-order valence-electron chi connectivity index (χ0n) is 28.5. The van der Waals surface area contributed by atoms with Crippen LogP contribution < -0.4 is 0 Å². The highest BCUT2D eigenvalue weighted by Crippen LogP contribution is 2.57. The third-order valence-electron chi connectivity index (χ3n) is 11.3. The fourth-order valence-corrected chi connectivity index (χ4v) is 9.22. The van der Waals surface area contributed by atoms with Crippen molar-refractivity contribution in [2.75, 3.05) is 0 Å². The number of benzene rings is 3. The SMILES string of the molecule is CC1CC=Cc2c1n(-c1ccc3c(c1)C(c1ccncc1)(c1ccncc1)c1cc(-n4c5ccccc5c5ncccc54)ccc1-3)c1cccnc21. The normalized spacial score (nSPS) is 15.6. The molecule has 0 bridgehead atoms. The molecule has 0 amide bonds. The van der Waals surface area contributed by atoms with Crippen LogP contribution in [0.5, 0.6) is 0 Å². The largest absolute Gasteiger partial charge is 0.311 e. The molecule has 2 aliphatic rings. The number of hydrogen-bond acceptors (Lipinski definition) is 4. The van der Waals surface area contributed by atoms with E-state index in [0.717, 1.165) is 61.9 Å². The van der Waals surface area contributed by atoms with Gasteiger partial charge in [-0.25, -0.2) is 0 Å². The molecule has 0 radical (unpaired) electrons. The molecule has 6 aromatic heterocycles. The molecular formula is C46H32N6. The summed E-state index contributed by atoms with van der Waals surface area (Å²) in [5.41, 5.74) is 16.7. The van der Waals surface area contributed by atoms with Crippen molar-refractivity contribution in [2.45, 2.75) is 24.7 Å². The summed E-state index contributed by atoms with van der Waals surface area (Å²) >= 11 is 0. The summed E-state index contributed by atoms with van der Waals surface area (Å²) < 4.78 is 4.81. The van der Waals surface area contributed by atoms with Crippen molar-refractivity contribution in [3.05, 3.63) is 186 Å². The second kappa shape index (κ2) is 10.9. The van der Waals surface area contributed by atoms with Crippen LogP contribution >= 0.6 is 0 Å². The van der Waals surface area contributed by atoms with Crippen molar-refractivity contribution in [2.24, 2.45) is 0 Å². The predicted molar refractivity (Wildman–Crippen MR) is 208 cm³/mol. The van der Waals surface area contributed by atoms with Crippen molar-refractivity contribution in [3.63, 3.8) is 0 Å². The van der Waals surface area contributed by atoms with Gasteiger partial charge < -0.3 is 9.13 Å². The minimum absolute atomic E-state index is 0.355. The Labute approximate surface area is 300 Å². The highest BCUT2D eigenvalue weighted by molar-refractivity contribution is 6.07. The lowest BCUT2D eigenvalue weighted by Gasteiger charge is -2.34. The topological polar surface area (TPSA) is 61.4 Å². The molecule has 0 saturated carbocycles. The number of para-hydroxylation sites is 1. The fraction of sp³-hybridized carbons (Fsp3) is 0.0870. The monoisotopic (exact) mass is 668 g/mol. The van der Waals surface area contributed by atoms with E-state index in [4.69, 9.17) is 9.97 Å². The van der Waals surface area contributed by atoms with Gasteiger partial charge in [-0.2, -0.15) is 0 Å². The Morgan fingerprint density at radius 2 is 1.15 bits per heavy atom. The van der Waals surface area contributed by atoms with E-state index in [1.807, 2.05) is 49.3 Å². The molecule has 9 aromatic rings. The molecule has 0 N–H and O–H groups in total. The molecule has 52 heavy (non-hydrogen) atoms. The molecule has 0 saturated heterocycles. The summed E-state index contributed by atoms with van der Waals surface area (Å²) in [4.78, 5) is 18.7. The molecule has 246 valence electrons. The Morgan fingerprint density at radius 3 is 1.83 bits per heavy atom. The fourth-order valence-electron chi connectivity index (χ4n) is 9.22. The molecule has 6 heteroatoms. The lowest BCUT2D eigenvalue weighted by molar-refractivity contribution is 0.721. The van der Waals surface area contributed by atoms with Gasteiger partial charge in [-0.1, -0.05) is 49.4 Å². The van der Waals surface area contributed by atoms with E-state index >= 15 is 0 Å². The van der Waals surface area contributed by atoms with Crippen molar-refractivity contribution < 1.29 is 0 Å². The lowest BCUT2D eigenvalue weighted by atomic mass is 9.68. The maximum Gasteiger partial charge on any atom is 0.0963 e. The molecule has 3 aromatic carbocycles. The second-order valence-electron chi connectivity index (χ2n) is 13.9. The number of hydrogen-bond donors (Lipinski definition) is 0. The van der Waals surface area contributed by atoms with Crippen LogP contribution in [0.3, 0.4) is 0 Å².